The number of carbonyl (C=O) groups is 2. The molecular weight excluding hydrogens is 414 g/mol. The predicted octanol–water partition coefficient (Wildman–Crippen LogP) is 2.79. The summed E-state index contributed by atoms with van der Waals surface area (Å²) in [5.41, 5.74) is 1.71. The highest BCUT2D eigenvalue weighted by Gasteiger charge is 2.35. The van der Waals surface area contributed by atoms with Crippen molar-refractivity contribution in [2.75, 3.05) is 25.6 Å². The molecule has 2 aromatic rings. The summed E-state index contributed by atoms with van der Waals surface area (Å²) >= 11 is 0. The van der Waals surface area contributed by atoms with Gasteiger partial charge in [-0.1, -0.05) is 0 Å². The number of carbonyl (C=O) groups excluding carboxylic acids is 1. The van der Waals surface area contributed by atoms with Gasteiger partial charge < -0.3 is 24.8 Å². The van der Waals surface area contributed by atoms with Crippen LogP contribution >= 0.6 is 0 Å². The molecule has 0 spiro atoms. The molecule has 172 valence electrons. The van der Waals surface area contributed by atoms with Gasteiger partial charge in [0, 0.05) is 42.6 Å². The van der Waals surface area contributed by atoms with Crippen LogP contribution in [0.5, 0.6) is 5.88 Å². The maximum absolute atomic E-state index is 12.4. The Balaban J connectivity index is 1.32. The summed E-state index contributed by atoms with van der Waals surface area (Å²) in [4.78, 5) is 29.8. The van der Waals surface area contributed by atoms with Crippen molar-refractivity contribution in [3.05, 3.63) is 35.7 Å². The van der Waals surface area contributed by atoms with E-state index in [4.69, 9.17) is 9.47 Å². The molecule has 3 atom stereocenters. The second-order valence-electron chi connectivity index (χ2n) is 8.37. The highest BCUT2D eigenvalue weighted by atomic mass is 16.5. The molecule has 1 aliphatic heterocycles. The van der Waals surface area contributed by atoms with Crippen molar-refractivity contribution < 1.29 is 24.2 Å². The van der Waals surface area contributed by atoms with E-state index in [1.54, 1.807) is 18.3 Å². The van der Waals surface area contributed by atoms with Gasteiger partial charge in [0.05, 0.1) is 26.2 Å². The van der Waals surface area contributed by atoms with Gasteiger partial charge in [0.25, 0.3) is 0 Å². The van der Waals surface area contributed by atoms with E-state index in [9.17, 15) is 14.7 Å². The first-order valence-corrected chi connectivity index (χ1v) is 11.0. The molecule has 0 radical (unpaired) electrons. The summed E-state index contributed by atoms with van der Waals surface area (Å²) in [6, 6.07) is 5.29. The van der Waals surface area contributed by atoms with Crippen LogP contribution in [0.1, 0.15) is 49.3 Å². The maximum Gasteiger partial charge on any atom is 0.407 e. The minimum atomic E-state index is -0.892. The summed E-state index contributed by atoms with van der Waals surface area (Å²) in [5, 5.41) is 19.7. The highest BCUT2D eigenvalue weighted by molar-refractivity contribution is 5.91. The molecule has 3 N–H and O–H groups in total. The van der Waals surface area contributed by atoms with Crippen molar-refractivity contribution in [3.8, 4) is 5.88 Å². The van der Waals surface area contributed by atoms with Crippen LogP contribution in [0.2, 0.25) is 0 Å². The third-order valence-corrected chi connectivity index (χ3v) is 6.19. The standard InChI is InChI=1S/C22H29N5O5/c1-31-21-10-14(6-7-23-21)9-20(28)24-19-12-18(25-26-19)15-4-5-16(11-15)27(22(29)30)13-17-3-2-8-32-17/h6-7,10,12,15-17H,2-5,8-9,11,13H2,1H3,(H,29,30)(H2,24,25,26,28)/t15?,16?,17-/m0/s1. The van der Waals surface area contributed by atoms with E-state index in [2.05, 4.69) is 20.5 Å². The van der Waals surface area contributed by atoms with E-state index in [1.165, 1.54) is 12.0 Å². The quantitative estimate of drug-likeness (QED) is 0.572. The first kappa shape index (κ1) is 22.1. The Labute approximate surface area is 186 Å². The summed E-state index contributed by atoms with van der Waals surface area (Å²) < 4.78 is 10.7. The molecule has 32 heavy (non-hydrogen) atoms. The van der Waals surface area contributed by atoms with E-state index >= 15 is 0 Å². The van der Waals surface area contributed by atoms with Crippen LogP contribution < -0.4 is 10.1 Å². The summed E-state index contributed by atoms with van der Waals surface area (Å²) in [7, 11) is 1.53. The third-order valence-electron chi connectivity index (χ3n) is 6.19. The average Bonchev–Trinajstić information content (AvgIpc) is 3.53. The van der Waals surface area contributed by atoms with Gasteiger partial charge in [0.1, 0.15) is 0 Å². The highest BCUT2D eigenvalue weighted by Crippen LogP contribution is 2.37. The average molecular weight is 444 g/mol. The third kappa shape index (κ3) is 5.37. The molecule has 4 rings (SSSR count). The van der Waals surface area contributed by atoms with Crippen molar-refractivity contribution in [3.63, 3.8) is 0 Å². The molecular formula is C22H29N5O5. The normalized spacial score (nSPS) is 22.6. The molecule has 2 amide bonds. The van der Waals surface area contributed by atoms with E-state index in [-0.39, 0.29) is 30.4 Å². The number of carboxylic acid groups (broad SMARTS) is 1. The second-order valence-corrected chi connectivity index (χ2v) is 8.37. The molecule has 10 heteroatoms. The monoisotopic (exact) mass is 443 g/mol. The van der Waals surface area contributed by atoms with Gasteiger partial charge in [-0.05, 0) is 43.7 Å². The molecule has 2 aliphatic rings. The second kappa shape index (κ2) is 9.99. The smallest absolute Gasteiger partial charge is 0.407 e. The van der Waals surface area contributed by atoms with Crippen LogP contribution in [0, 0.1) is 0 Å². The van der Waals surface area contributed by atoms with E-state index < -0.39 is 6.09 Å². The lowest BCUT2D eigenvalue weighted by molar-refractivity contribution is -0.115. The number of hydrogen-bond acceptors (Lipinski definition) is 6. The molecule has 0 aromatic carbocycles. The van der Waals surface area contributed by atoms with E-state index in [0.29, 0.717) is 24.8 Å². The zero-order valence-electron chi connectivity index (χ0n) is 18.1. The number of methoxy groups -OCH3 is 1. The van der Waals surface area contributed by atoms with Crippen molar-refractivity contribution >= 4 is 17.8 Å². The molecule has 2 aromatic heterocycles. The fourth-order valence-electron chi connectivity index (χ4n) is 4.57. The van der Waals surface area contributed by atoms with E-state index in [0.717, 1.165) is 43.4 Å². The maximum atomic E-state index is 12.4. The summed E-state index contributed by atoms with van der Waals surface area (Å²) in [6.07, 6.45) is 5.19. The zero-order chi connectivity index (χ0) is 22.5. The van der Waals surface area contributed by atoms with Gasteiger partial charge in [-0.25, -0.2) is 9.78 Å². The number of rotatable bonds is 8. The van der Waals surface area contributed by atoms with Gasteiger partial charge in [0.15, 0.2) is 5.82 Å². The number of nitrogens with zero attached hydrogens (tertiary/aromatic N) is 3. The van der Waals surface area contributed by atoms with Crippen LogP contribution in [-0.2, 0) is 16.0 Å². The Morgan fingerprint density at radius 1 is 1.34 bits per heavy atom. The Morgan fingerprint density at radius 2 is 2.22 bits per heavy atom. The number of amides is 2. The first-order valence-electron chi connectivity index (χ1n) is 11.0. The lowest BCUT2D eigenvalue weighted by Crippen LogP contribution is -2.42. The number of H-pyrrole nitrogens is 1. The zero-order valence-corrected chi connectivity index (χ0v) is 18.1. The molecule has 1 aliphatic carbocycles. The minimum absolute atomic E-state index is 0.000478. The van der Waals surface area contributed by atoms with Gasteiger partial charge in [-0.3, -0.25) is 9.89 Å². The SMILES string of the molecule is COc1cc(CC(=O)Nc2cc(C3CCC(N(C[C@@H]4CCCO4)C(=O)O)C3)[nH]n2)ccn1. The van der Waals surface area contributed by atoms with Crippen molar-refractivity contribution in [2.45, 2.75) is 56.6 Å². The lowest BCUT2D eigenvalue weighted by Gasteiger charge is -2.28. The molecule has 1 saturated carbocycles. The molecule has 0 bridgehead atoms. The fraction of sp³-hybridized carbons (Fsp3) is 0.545. The van der Waals surface area contributed by atoms with Gasteiger partial charge in [0.2, 0.25) is 11.8 Å². The van der Waals surface area contributed by atoms with Gasteiger partial charge in [-0.15, -0.1) is 0 Å². The summed E-state index contributed by atoms with van der Waals surface area (Å²) in [5.74, 6) is 0.912. The van der Waals surface area contributed by atoms with E-state index in [1.807, 2.05) is 6.07 Å². The molecule has 10 nitrogen and oxygen atoms in total. The Morgan fingerprint density at radius 3 is 2.97 bits per heavy atom. The van der Waals surface area contributed by atoms with Crippen LogP contribution in [0.3, 0.4) is 0 Å². The number of aromatic nitrogens is 3. The minimum Gasteiger partial charge on any atom is -0.481 e. The molecule has 2 fully saturated rings. The number of pyridine rings is 1. The summed E-state index contributed by atoms with van der Waals surface area (Å²) in [6.45, 7) is 1.14. The molecule has 1 saturated heterocycles. The topological polar surface area (TPSA) is 130 Å². The van der Waals surface area contributed by atoms with Gasteiger partial charge in [-0.2, -0.15) is 5.10 Å². The Kier molecular flexibility index (Phi) is 6.89. The lowest BCUT2D eigenvalue weighted by atomic mass is 10.0. The number of nitrogens with one attached hydrogen (secondary N) is 2. The van der Waals surface area contributed by atoms with Gasteiger partial charge >= 0.3 is 6.09 Å². The van der Waals surface area contributed by atoms with Crippen LogP contribution in [0.4, 0.5) is 10.6 Å². The molecule has 3 heterocycles. The van der Waals surface area contributed by atoms with Crippen LogP contribution in [-0.4, -0.2) is 69.6 Å². The number of aromatic amines is 1. The predicted molar refractivity (Wildman–Crippen MR) is 116 cm³/mol. The first-order chi connectivity index (χ1) is 15.5. The Bertz CT molecular complexity index is 942. The van der Waals surface area contributed by atoms with Crippen molar-refractivity contribution in [1.29, 1.82) is 0 Å². The number of anilines is 1. The largest absolute Gasteiger partial charge is 0.481 e. The van der Waals surface area contributed by atoms with Crippen molar-refractivity contribution in [2.24, 2.45) is 0 Å². The van der Waals surface area contributed by atoms with Crippen LogP contribution in [0.15, 0.2) is 24.4 Å². The van der Waals surface area contributed by atoms with Crippen molar-refractivity contribution in [1.82, 2.24) is 20.1 Å². The fourth-order valence-corrected chi connectivity index (χ4v) is 4.57. The number of hydrogen-bond donors (Lipinski definition) is 3. The van der Waals surface area contributed by atoms with Crippen LogP contribution in [0.25, 0.3) is 0 Å². The molecule has 2 unspecified atom stereocenters. The Hall–Kier alpha value is -3.14. The number of ether oxygens (including phenoxy) is 2.